The molecule has 6 nitrogen and oxygen atoms in total. The molecule has 2 rings (SSSR count). The predicted octanol–water partition coefficient (Wildman–Crippen LogP) is 1.27. The van der Waals surface area contributed by atoms with Crippen LogP contribution in [0.25, 0.3) is 0 Å². The number of hydrogen-bond acceptors (Lipinski definition) is 5. The first-order valence-electron chi connectivity index (χ1n) is 5.78. The van der Waals surface area contributed by atoms with Crippen LogP contribution in [0.1, 0.15) is 30.8 Å². The van der Waals surface area contributed by atoms with Gasteiger partial charge in [-0.05, 0) is 6.42 Å². The Kier molecular flexibility index (Phi) is 3.87. The smallest absolute Gasteiger partial charge is 0.223 e. The third kappa shape index (κ3) is 3.13. The molecule has 0 saturated carbocycles. The lowest BCUT2D eigenvalue weighted by Crippen LogP contribution is -2.16. The van der Waals surface area contributed by atoms with E-state index in [0.29, 0.717) is 18.3 Å². The molecule has 0 atom stereocenters. The third-order valence-corrected chi connectivity index (χ3v) is 2.42. The summed E-state index contributed by atoms with van der Waals surface area (Å²) in [6.07, 6.45) is 4.84. The topological polar surface area (TPSA) is 68.8 Å². The van der Waals surface area contributed by atoms with Crippen molar-refractivity contribution in [2.45, 2.75) is 39.9 Å². The first kappa shape index (κ1) is 11.8. The van der Waals surface area contributed by atoms with Crippen molar-refractivity contribution in [2.24, 2.45) is 0 Å². The number of aryl methyl sites for hydroxylation is 2. The number of nitrogens with one attached hydrogen (secondary N) is 1. The summed E-state index contributed by atoms with van der Waals surface area (Å²) in [5.41, 5.74) is 1.17. The van der Waals surface area contributed by atoms with E-state index in [1.807, 2.05) is 12.5 Å². The van der Waals surface area contributed by atoms with Crippen LogP contribution in [-0.4, -0.2) is 19.7 Å². The highest BCUT2D eigenvalue weighted by Crippen LogP contribution is 2.01. The van der Waals surface area contributed by atoms with Crippen LogP contribution < -0.4 is 5.32 Å². The molecule has 17 heavy (non-hydrogen) atoms. The number of nitrogens with zero attached hydrogens (tertiary/aromatic N) is 4. The van der Waals surface area contributed by atoms with Crippen LogP contribution in [0.4, 0.5) is 0 Å². The van der Waals surface area contributed by atoms with Crippen LogP contribution in [0, 0.1) is 6.92 Å². The van der Waals surface area contributed by atoms with Crippen molar-refractivity contribution in [1.29, 1.82) is 0 Å². The molecular weight excluding hydrogens is 218 g/mol. The summed E-state index contributed by atoms with van der Waals surface area (Å²) in [7, 11) is 0. The number of imidazole rings is 1. The molecule has 0 aliphatic heterocycles. The Morgan fingerprint density at radius 2 is 2.29 bits per heavy atom. The van der Waals surface area contributed by atoms with Gasteiger partial charge in [0.05, 0.1) is 18.6 Å². The van der Waals surface area contributed by atoms with E-state index < -0.39 is 0 Å². The zero-order chi connectivity index (χ0) is 12.1. The first-order chi connectivity index (χ1) is 8.29. The van der Waals surface area contributed by atoms with Crippen molar-refractivity contribution in [3.63, 3.8) is 0 Å². The lowest BCUT2D eigenvalue weighted by atomic mass is 10.4. The Labute approximate surface area is 100 Å². The van der Waals surface area contributed by atoms with Gasteiger partial charge in [-0.1, -0.05) is 12.1 Å². The van der Waals surface area contributed by atoms with Gasteiger partial charge in [-0.25, -0.2) is 4.98 Å². The van der Waals surface area contributed by atoms with Gasteiger partial charge < -0.3 is 14.4 Å². The van der Waals surface area contributed by atoms with Gasteiger partial charge in [0.2, 0.25) is 5.89 Å². The molecule has 0 radical (unpaired) electrons. The molecule has 2 heterocycles. The van der Waals surface area contributed by atoms with Crippen molar-refractivity contribution in [3.8, 4) is 0 Å². The van der Waals surface area contributed by atoms with Gasteiger partial charge in [-0.15, -0.1) is 0 Å². The maximum absolute atomic E-state index is 4.90. The van der Waals surface area contributed by atoms with Gasteiger partial charge in [0.15, 0.2) is 5.82 Å². The molecule has 0 saturated heterocycles. The quantitative estimate of drug-likeness (QED) is 0.816. The lowest BCUT2D eigenvalue weighted by molar-refractivity contribution is 0.385. The highest BCUT2D eigenvalue weighted by molar-refractivity contribution is 4.98. The summed E-state index contributed by atoms with van der Waals surface area (Å²) in [6.45, 7) is 6.30. The Hall–Kier alpha value is -1.69. The van der Waals surface area contributed by atoms with E-state index in [-0.39, 0.29) is 0 Å². The molecule has 2 aromatic rings. The van der Waals surface area contributed by atoms with Crippen molar-refractivity contribution < 1.29 is 4.52 Å². The number of hydrogen-bond donors (Lipinski definition) is 1. The molecule has 1 N–H and O–H groups in total. The predicted molar refractivity (Wildman–Crippen MR) is 62.1 cm³/mol. The number of aromatic nitrogens is 4. The van der Waals surface area contributed by atoms with Gasteiger partial charge in [-0.3, -0.25) is 0 Å². The van der Waals surface area contributed by atoms with Crippen molar-refractivity contribution in [3.05, 3.63) is 29.9 Å². The van der Waals surface area contributed by atoms with Crippen LogP contribution in [0.15, 0.2) is 17.0 Å². The lowest BCUT2D eigenvalue weighted by Gasteiger charge is -2.06. The van der Waals surface area contributed by atoms with E-state index in [9.17, 15) is 0 Å². The Balaban J connectivity index is 1.83. The van der Waals surface area contributed by atoms with E-state index in [4.69, 9.17) is 4.52 Å². The maximum atomic E-state index is 4.90. The van der Waals surface area contributed by atoms with Crippen LogP contribution in [0.5, 0.6) is 0 Å². The Bertz CT molecular complexity index is 462. The largest absolute Gasteiger partial charge is 0.340 e. The Morgan fingerprint density at radius 1 is 1.41 bits per heavy atom. The Morgan fingerprint density at radius 3 is 3.00 bits per heavy atom. The normalized spacial score (nSPS) is 10.9. The van der Waals surface area contributed by atoms with E-state index >= 15 is 0 Å². The molecule has 6 heteroatoms. The fraction of sp³-hybridized carbons (Fsp3) is 0.545. The maximum Gasteiger partial charge on any atom is 0.223 e. The average molecular weight is 235 g/mol. The first-order valence-corrected chi connectivity index (χ1v) is 5.78. The third-order valence-electron chi connectivity index (χ3n) is 2.42. The summed E-state index contributed by atoms with van der Waals surface area (Å²) in [5.74, 6) is 1.28. The summed E-state index contributed by atoms with van der Waals surface area (Å²) in [4.78, 5) is 8.27. The van der Waals surface area contributed by atoms with Gasteiger partial charge in [0.1, 0.15) is 0 Å². The highest BCUT2D eigenvalue weighted by Gasteiger charge is 2.03. The van der Waals surface area contributed by atoms with Crippen LogP contribution >= 0.6 is 0 Å². The van der Waals surface area contributed by atoms with Crippen LogP contribution in [0.2, 0.25) is 0 Å². The molecule has 0 spiro atoms. The minimum absolute atomic E-state index is 0.595. The summed E-state index contributed by atoms with van der Waals surface area (Å²) >= 11 is 0. The van der Waals surface area contributed by atoms with E-state index in [1.54, 1.807) is 6.92 Å². The summed E-state index contributed by atoms with van der Waals surface area (Å²) in [6, 6.07) is 0. The molecule has 0 amide bonds. The monoisotopic (exact) mass is 235 g/mol. The second-order valence-corrected chi connectivity index (χ2v) is 3.91. The second-order valence-electron chi connectivity index (χ2n) is 3.91. The fourth-order valence-corrected chi connectivity index (χ4v) is 1.65. The zero-order valence-electron chi connectivity index (χ0n) is 10.2. The molecule has 0 unspecified atom stereocenters. The van der Waals surface area contributed by atoms with Crippen LogP contribution in [-0.2, 0) is 19.6 Å². The molecule has 0 aromatic carbocycles. The second kappa shape index (κ2) is 5.58. The van der Waals surface area contributed by atoms with Gasteiger partial charge >= 0.3 is 0 Å². The molecule has 92 valence electrons. The standard InChI is InChI=1S/C11H17N5O/c1-3-4-16-8-13-6-10(16)5-12-7-11-14-9(2)17-15-11/h6,8,12H,3-5,7H2,1-2H3. The SMILES string of the molecule is CCCn1cncc1CNCc1noc(C)n1. The molecule has 0 aliphatic rings. The van der Waals surface area contributed by atoms with Gasteiger partial charge in [-0.2, -0.15) is 4.98 Å². The molecule has 0 fully saturated rings. The molecular formula is C11H17N5O. The summed E-state index contributed by atoms with van der Waals surface area (Å²) in [5, 5.41) is 7.09. The summed E-state index contributed by atoms with van der Waals surface area (Å²) < 4.78 is 7.04. The minimum atomic E-state index is 0.595. The van der Waals surface area contributed by atoms with Crippen molar-refractivity contribution in [1.82, 2.24) is 25.0 Å². The molecule has 0 aliphatic carbocycles. The van der Waals surface area contributed by atoms with Gasteiger partial charge in [0.25, 0.3) is 0 Å². The van der Waals surface area contributed by atoms with Crippen molar-refractivity contribution >= 4 is 0 Å². The van der Waals surface area contributed by atoms with E-state index in [1.165, 1.54) is 5.69 Å². The van der Waals surface area contributed by atoms with E-state index in [0.717, 1.165) is 19.5 Å². The highest BCUT2D eigenvalue weighted by atomic mass is 16.5. The molecule has 2 aromatic heterocycles. The zero-order valence-corrected chi connectivity index (χ0v) is 10.2. The minimum Gasteiger partial charge on any atom is -0.340 e. The average Bonchev–Trinajstić information content (AvgIpc) is 2.90. The van der Waals surface area contributed by atoms with Crippen LogP contribution in [0.3, 0.4) is 0 Å². The fourth-order valence-electron chi connectivity index (χ4n) is 1.65. The number of rotatable bonds is 6. The van der Waals surface area contributed by atoms with E-state index in [2.05, 4.69) is 31.9 Å². The molecule has 0 bridgehead atoms. The van der Waals surface area contributed by atoms with Crippen molar-refractivity contribution in [2.75, 3.05) is 0 Å². The van der Waals surface area contributed by atoms with Gasteiger partial charge in [0, 0.05) is 26.2 Å².